The van der Waals surface area contributed by atoms with E-state index in [1.54, 1.807) is 6.20 Å². The minimum atomic E-state index is 0.854. The fraction of sp³-hybridized carbons (Fsp3) is 0.455. The fourth-order valence-electron chi connectivity index (χ4n) is 1.62. The molecule has 0 aromatic carbocycles. The number of aryl methyl sites for hydroxylation is 2. The maximum Gasteiger partial charge on any atom is 0.0521 e. The lowest BCUT2D eigenvalue weighted by Crippen LogP contribution is -2.15. The van der Waals surface area contributed by atoms with E-state index in [0.717, 1.165) is 31.6 Å². The van der Waals surface area contributed by atoms with E-state index < -0.39 is 0 Å². The molecule has 0 saturated heterocycles. The first kappa shape index (κ1) is 10.9. The van der Waals surface area contributed by atoms with Crippen molar-refractivity contribution < 1.29 is 0 Å². The Balaban J connectivity index is 1.59. The summed E-state index contributed by atoms with van der Waals surface area (Å²) in [6.07, 6.45) is 7.96. The van der Waals surface area contributed by atoms with E-state index in [4.69, 9.17) is 0 Å². The molecule has 2 aromatic rings. The largest absolute Gasteiger partial charge is 0.311 e. The maximum atomic E-state index is 4.14. The van der Waals surface area contributed by atoms with Crippen molar-refractivity contribution in [2.24, 2.45) is 7.05 Å². The summed E-state index contributed by atoms with van der Waals surface area (Å²) in [6.45, 7) is 1.86. The van der Waals surface area contributed by atoms with Crippen molar-refractivity contribution in [1.82, 2.24) is 25.3 Å². The molecule has 0 spiro atoms. The van der Waals surface area contributed by atoms with Gasteiger partial charge in [-0.1, -0.05) is 0 Å². The Morgan fingerprint density at radius 1 is 1.50 bits per heavy atom. The molecule has 0 amide bonds. The lowest BCUT2D eigenvalue weighted by Gasteiger charge is -2.01. The van der Waals surface area contributed by atoms with Crippen molar-refractivity contribution in [2.45, 2.75) is 19.4 Å². The number of hydrogen-bond acceptors (Lipinski definition) is 3. The summed E-state index contributed by atoms with van der Waals surface area (Å²) in [7, 11) is 1.94. The van der Waals surface area contributed by atoms with Crippen LogP contribution in [-0.4, -0.2) is 26.5 Å². The Kier molecular flexibility index (Phi) is 3.71. The molecule has 0 aliphatic rings. The second-order valence-electron chi connectivity index (χ2n) is 3.88. The Bertz CT molecular complexity index is 404. The monoisotopic (exact) mass is 219 g/mol. The van der Waals surface area contributed by atoms with Crippen LogP contribution in [0, 0.1) is 0 Å². The van der Waals surface area contributed by atoms with Gasteiger partial charge in [0.2, 0.25) is 0 Å². The average Bonchev–Trinajstić information content (AvgIpc) is 2.89. The highest BCUT2D eigenvalue weighted by Crippen LogP contribution is 2.00. The number of rotatable bonds is 6. The number of aromatic nitrogens is 4. The first-order valence-electron chi connectivity index (χ1n) is 5.51. The molecule has 0 bridgehead atoms. The van der Waals surface area contributed by atoms with Crippen LogP contribution < -0.4 is 5.32 Å². The first-order valence-corrected chi connectivity index (χ1v) is 5.51. The predicted octanol–water partition coefficient (Wildman–Crippen LogP) is 0.866. The van der Waals surface area contributed by atoms with Gasteiger partial charge in [-0.25, -0.2) is 0 Å². The number of aromatic amines is 1. The molecular weight excluding hydrogens is 202 g/mol. The van der Waals surface area contributed by atoms with E-state index in [1.807, 2.05) is 24.0 Å². The normalized spacial score (nSPS) is 10.8. The highest BCUT2D eigenvalue weighted by Gasteiger charge is 1.96. The van der Waals surface area contributed by atoms with E-state index in [9.17, 15) is 0 Å². The summed E-state index contributed by atoms with van der Waals surface area (Å²) >= 11 is 0. The smallest absolute Gasteiger partial charge is 0.0521 e. The molecule has 2 aromatic heterocycles. The second kappa shape index (κ2) is 5.46. The second-order valence-corrected chi connectivity index (χ2v) is 3.88. The standard InChI is InChI=1S/C11H17N5/c1-16-9-10(7-14-16)3-2-5-12-8-11-4-6-13-15-11/h4,6-7,9,12H,2-3,5,8H2,1H3,(H,13,15). The molecule has 0 unspecified atom stereocenters. The van der Waals surface area contributed by atoms with Crippen molar-refractivity contribution >= 4 is 0 Å². The van der Waals surface area contributed by atoms with Gasteiger partial charge in [-0.3, -0.25) is 9.78 Å². The summed E-state index contributed by atoms with van der Waals surface area (Å²) in [4.78, 5) is 0. The Hall–Kier alpha value is -1.62. The van der Waals surface area contributed by atoms with Gasteiger partial charge in [0, 0.05) is 31.7 Å². The average molecular weight is 219 g/mol. The molecule has 0 saturated carbocycles. The highest BCUT2D eigenvalue weighted by molar-refractivity contribution is 5.03. The van der Waals surface area contributed by atoms with Crippen LogP contribution in [0.3, 0.4) is 0 Å². The molecule has 16 heavy (non-hydrogen) atoms. The SMILES string of the molecule is Cn1cc(CCCNCc2ccn[nH]2)cn1. The zero-order valence-corrected chi connectivity index (χ0v) is 9.48. The van der Waals surface area contributed by atoms with Gasteiger partial charge in [-0.15, -0.1) is 0 Å². The molecule has 0 aliphatic heterocycles. The Labute approximate surface area is 94.9 Å². The number of nitrogens with one attached hydrogen (secondary N) is 2. The first-order chi connectivity index (χ1) is 7.84. The van der Waals surface area contributed by atoms with Gasteiger partial charge in [-0.05, 0) is 31.0 Å². The van der Waals surface area contributed by atoms with Crippen LogP contribution >= 0.6 is 0 Å². The van der Waals surface area contributed by atoms with Gasteiger partial charge in [0.1, 0.15) is 0 Å². The van der Waals surface area contributed by atoms with Gasteiger partial charge >= 0.3 is 0 Å². The van der Waals surface area contributed by atoms with Crippen molar-refractivity contribution in [3.63, 3.8) is 0 Å². The van der Waals surface area contributed by atoms with Crippen LogP contribution in [-0.2, 0) is 20.0 Å². The molecular formula is C11H17N5. The molecule has 86 valence electrons. The molecule has 0 fully saturated rings. The third-order valence-corrected chi connectivity index (χ3v) is 2.45. The van der Waals surface area contributed by atoms with Gasteiger partial charge in [0.25, 0.3) is 0 Å². The van der Waals surface area contributed by atoms with Crippen LogP contribution in [0.2, 0.25) is 0 Å². The maximum absolute atomic E-state index is 4.14. The topological polar surface area (TPSA) is 58.5 Å². The van der Waals surface area contributed by atoms with E-state index in [1.165, 1.54) is 5.56 Å². The summed E-state index contributed by atoms with van der Waals surface area (Å²) in [5.41, 5.74) is 2.42. The predicted molar refractivity (Wildman–Crippen MR) is 61.8 cm³/mol. The van der Waals surface area contributed by atoms with E-state index in [-0.39, 0.29) is 0 Å². The van der Waals surface area contributed by atoms with Crippen molar-refractivity contribution in [3.8, 4) is 0 Å². The Morgan fingerprint density at radius 3 is 3.12 bits per heavy atom. The molecule has 2 rings (SSSR count). The van der Waals surface area contributed by atoms with Gasteiger partial charge in [-0.2, -0.15) is 10.2 Å². The zero-order chi connectivity index (χ0) is 11.2. The van der Waals surface area contributed by atoms with Gasteiger partial charge in [0.05, 0.1) is 6.20 Å². The molecule has 0 atom stereocenters. The molecule has 2 heterocycles. The lowest BCUT2D eigenvalue weighted by molar-refractivity contribution is 0.639. The summed E-state index contributed by atoms with van der Waals surface area (Å²) in [6, 6.07) is 1.98. The highest BCUT2D eigenvalue weighted by atomic mass is 15.2. The van der Waals surface area contributed by atoms with E-state index in [2.05, 4.69) is 26.8 Å². The molecule has 5 nitrogen and oxygen atoms in total. The van der Waals surface area contributed by atoms with Crippen LogP contribution in [0.4, 0.5) is 0 Å². The summed E-state index contributed by atoms with van der Waals surface area (Å²) in [5.74, 6) is 0. The van der Waals surface area contributed by atoms with Crippen molar-refractivity contribution in [1.29, 1.82) is 0 Å². The molecule has 0 aliphatic carbocycles. The Morgan fingerprint density at radius 2 is 2.44 bits per heavy atom. The molecule has 5 heteroatoms. The van der Waals surface area contributed by atoms with Crippen LogP contribution in [0.5, 0.6) is 0 Å². The quantitative estimate of drug-likeness (QED) is 0.709. The van der Waals surface area contributed by atoms with Gasteiger partial charge < -0.3 is 5.32 Å². The number of nitrogens with zero attached hydrogens (tertiary/aromatic N) is 3. The van der Waals surface area contributed by atoms with Crippen LogP contribution in [0.25, 0.3) is 0 Å². The summed E-state index contributed by atoms with van der Waals surface area (Å²) in [5, 5.41) is 14.3. The molecule has 0 radical (unpaired) electrons. The van der Waals surface area contributed by atoms with Crippen molar-refractivity contribution in [2.75, 3.05) is 6.54 Å². The zero-order valence-electron chi connectivity index (χ0n) is 9.48. The lowest BCUT2D eigenvalue weighted by atomic mass is 10.2. The van der Waals surface area contributed by atoms with E-state index >= 15 is 0 Å². The minimum Gasteiger partial charge on any atom is -0.311 e. The van der Waals surface area contributed by atoms with Gasteiger partial charge in [0.15, 0.2) is 0 Å². The van der Waals surface area contributed by atoms with Crippen LogP contribution in [0.15, 0.2) is 24.7 Å². The van der Waals surface area contributed by atoms with Crippen molar-refractivity contribution in [3.05, 3.63) is 35.9 Å². The number of hydrogen-bond donors (Lipinski definition) is 2. The summed E-state index contributed by atoms with van der Waals surface area (Å²) < 4.78 is 1.84. The van der Waals surface area contributed by atoms with Crippen LogP contribution in [0.1, 0.15) is 17.7 Å². The third kappa shape index (κ3) is 3.20. The molecule has 2 N–H and O–H groups in total. The van der Waals surface area contributed by atoms with E-state index in [0.29, 0.717) is 0 Å². The minimum absolute atomic E-state index is 0.854. The third-order valence-electron chi connectivity index (χ3n) is 2.45. The number of H-pyrrole nitrogens is 1. The fourth-order valence-corrected chi connectivity index (χ4v) is 1.62.